The van der Waals surface area contributed by atoms with Crippen LogP contribution in [0.5, 0.6) is 0 Å². The molecule has 0 aliphatic carbocycles. The van der Waals surface area contributed by atoms with Crippen molar-refractivity contribution in [2.24, 2.45) is 5.92 Å². The predicted molar refractivity (Wildman–Crippen MR) is 69.8 cm³/mol. The molecule has 17 heavy (non-hydrogen) atoms. The molecule has 1 unspecified atom stereocenters. The van der Waals surface area contributed by atoms with Gasteiger partial charge in [-0.25, -0.2) is 10.0 Å². The van der Waals surface area contributed by atoms with Gasteiger partial charge < -0.3 is 10.1 Å². The minimum Gasteiger partial charge on any atom is -0.379 e. The molecule has 2 saturated heterocycles. The molecule has 0 radical (unpaired) electrons. The predicted octanol–water partition coefficient (Wildman–Crippen LogP) is 0.944. The molecule has 2 rings (SSSR count). The summed E-state index contributed by atoms with van der Waals surface area (Å²) in [5.41, 5.74) is 0.242. The summed E-state index contributed by atoms with van der Waals surface area (Å²) in [6, 6.07) is 0. The van der Waals surface area contributed by atoms with Gasteiger partial charge >= 0.3 is 0 Å². The Balaban J connectivity index is 1.71. The maximum absolute atomic E-state index is 5.40. The van der Waals surface area contributed by atoms with Crippen LogP contribution in [0.25, 0.3) is 0 Å². The van der Waals surface area contributed by atoms with Crippen LogP contribution in [0.15, 0.2) is 0 Å². The fourth-order valence-electron chi connectivity index (χ4n) is 2.52. The molecule has 0 aromatic heterocycles. The van der Waals surface area contributed by atoms with Crippen molar-refractivity contribution in [3.05, 3.63) is 0 Å². The molecular formula is C13H27N3O. The van der Waals surface area contributed by atoms with Gasteiger partial charge in [-0.1, -0.05) is 0 Å². The number of nitrogens with zero attached hydrogens (tertiary/aromatic N) is 2. The summed E-state index contributed by atoms with van der Waals surface area (Å²) in [7, 11) is 0. The second-order valence-corrected chi connectivity index (χ2v) is 6.26. The van der Waals surface area contributed by atoms with Gasteiger partial charge in [0.05, 0.1) is 13.2 Å². The van der Waals surface area contributed by atoms with Gasteiger partial charge in [0, 0.05) is 31.7 Å². The zero-order valence-corrected chi connectivity index (χ0v) is 11.5. The SMILES string of the molecule is CC(C)(C)NCC1CCN(N2CCOCC2)C1. The minimum atomic E-state index is 0.242. The molecule has 100 valence electrons. The highest BCUT2D eigenvalue weighted by atomic mass is 16.5. The van der Waals surface area contributed by atoms with Crippen molar-refractivity contribution in [1.82, 2.24) is 15.3 Å². The van der Waals surface area contributed by atoms with Gasteiger partial charge in [0.25, 0.3) is 0 Å². The van der Waals surface area contributed by atoms with E-state index in [0.29, 0.717) is 0 Å². The number of hydrogen-bond acceptors (Lipinski definition) is 4. The van der Waals surface area contributed by atoms with E-state index in [1.807, 2.05) is 0 Å². The van der Waals surface area contributed by atoms with Crippen LogP contribution in [0.3, 0.4) is 0 Å². The van der Waals surface area contributed by atoms with E-state index in [2.05, 4.69) is 36.1 Å². The van der Waals surface area contributed by atoms with E-state index in [0.717, 1.165) is 38.8 Å². The van der Waals surface area contributed by atoms with Crippen LogP contribution >= 0.6 is 0 Å². The van der Waals surface area contributed by atoms with E-state index in [4.69, 9.17) is 4.74 Å². The fraction of sp³-hybridized carbons (Fsp3) is 1.00. The molecule has 0 spiro atoms. The third-order valence-electron chi connectivity index (χ3n) is 3.57. The van der Waals surface area contributed by atoms with Crippen LogP contribution < -0.4 is 5.32 Å². The quantitative estimate of drug-likeness (QED) is 0.796. The summed E-state index contributed by atoms with van der Waals surface area (Å²) in [4.78, 5) is 0. The summed E-state index contributed by atoms with van der Waals surface area (Å²) in [6.07, 6.45) is 1.32. The first kappa shape index (κ1) is 13.3. The third kappa shape index (κ3) is 4.21. The van der Waals surface area contributed by atoms with E-state index in [1.165, 1.54) is 19.5 Å². The number of ether oxygens (including phenoxy) is 1. The maximum Gasteiger partial charge on any atom is 0.0608 e. The lowest BCUT2D eigenvalue weighted by molar-refractivity contribution is -0.0791. The van der Waals surface area contributed by atoms with Gasteiger partial charge in [-0.2, -0.15) is 0 Å². The smallest absolute Gasteiger partial charge is 0.0608 e. The van der Waals surface area contributed by atoms with E-state index in [1.54, 1.807) is 0 Å². The first-order valence-electron chi connectivity index (χ1n) is 6.87. The highest BCUT2D eigenvalue weighted by molar-refractivity contribution is 4.80. The fourth-order valence-corrected chi connectivity index (χ4v) is 2.52. The molecule has 2 aliphatic heterocycles. The second-order valence-electron chi connectivity index (χ2n) is 6.26. The second kappa shape index (κ2) is 5.65. The minimum absolute atomic E-state index is 0.242. The van der Waals surface area contributed by atoms with Crippen molar-refractivity contribution in [2.45, 2.75) is 32.7 Å². The Labute approximate surface area is 105 Å². The average molecular weight is 241 g/mol. The van der Waals surface area contributed by atoms with Gasteiger partial charge in [-0.3, -0.25) is 0 Å². The number of nitrogens with one attached hydrogen (secondary N) is 1. The Bertz CT molecular complexity index is 233. The lowest BCUT2D eigenvalue weighted by atomic mass is 10.1. The van der Waals surface area contributed by atoms with Crippen molar-refractivity contribution < 1.29 is 4.74 Å². The van der Waals surface area contributed by atoms with E-state index in [-0.39, 0.29) is 5.54 Å². The summed E-state index contributed by atoms with van der Waals surface area (Å²) in [5.74, 6) is 0.803. The van der Waals surface area contributed by atoms with Gasteiger partial charge in [0.2, 0.25) is 0 Å². The van der Waals surface area contributed by atoms with Crippen LogP contribution in [0.1, 0.15) is 27.2 Å². The third-order valence-corrected chi connectivity index (χ3v) is 3.57. The van der Waals surface area contributed by atoms with Crippen molar-refractivity contribution in [3.8, 4) is 0 Å². The Morgan fingerprint density at radius 1 is 1.12 bits per heavy atom. The number of rotatable bonds is 3. The van der Waals surface area contributed by atoms with Gasteiger partial charge in [0.15, 0.2) is 0 Å². The molecule has 1 N–H and O–H groups in total. The Morgan fingerprint density at radius 3 is 2.47 bits per heavy atom. The molecule has 1 atom stereocenters. The van der Waals surface area contributed by atoms with Crippen LogP contribution in [0, 0.1) is 5.92 Å². The molecule has 2 fully saturated rings. The average Bonchev–Trinajstić information content (AvgIpc) is 2.75. The van der Waals surface area contributed by atoms with E-state index < -0.39 is 0 Å². The monoisotopic (exact) mass is 241 g/mol. The topological polar surface area (TPSA) is 27.7 Å². The highest BCUT2D eigenvalue weighted by Crippen LogP contribution is 2.19. The Hall–Kier alpha value is -0.160. The van der Waals surface area contributed by atoms with Gasteiger partial charge in [-0.15, -0.1) is 0 Å². The summed E-state index contributed by atoms with van der Waals surface area (Å²) < 4.78 is 5.40. The number of hydrogen-bond donors (Lipinski definition) is 1. The lowest BCUT2D eigenvalue weighted by Crippen LogP contribution is -2.48. The molecule has 0 saturated carbocycles. The van der Waals surface area contributed by atoms with Gasteiger partial charge in [0.1, 0.15) is 0 Å². The number of hydrazine groups is 1. The molecule has 4 heteroatoms. The van der Waals surface area contributed by atoms with Crippen molar-refractivity contribution in [2.75, 3.05) is 45.9 Å². The Kier molecular flexibility index (Phi) is 4.42. The van der Waals surface area contributed by atoms with Crippen LogP contribution in [0.4, 0.5) is 0 Å². The molecule has 0 bridgehead atoms. The Morgan fingerprint density at radius 2 is 1.82 bits per heavy atom. The first-order valence-corrected chi connectivity index (χ1v) is 6.87. The standard InChI is InChI=1S/C13H27N3O/c1-13(2,3)14-10-12-4-5-16(11-12)15-6-8-17-9-7-15/h12,14H,4-11H2,1-3H3. The molecular weight excluding hydrogens is 214 g/mol. The molecule has 0 aromatic carbocycles. The molecule has 0 aromatic rings. The normalized spacial score (nSPS) is 28.8. The molecule has 2 heterocycles. The molecule has 0 amide bonds. The van der Waals surface area contributed by atoms with Crippen molar-refractivity contribution in [1.29, 1.82) is 0 Å². The summed E-state index contributed by atoms with van der Waals surface area (Å²) >= 11 is 0. The van der Waals surface area contributed by atoms with E-state index in [9.17, 15) is 0 Å². The summed E-state index contributed by atoms with van der Waals surface area (Å²) in [5, 5.41) is 8.62. The van der Waals surface area contributed by atoms with Crippen LogP contribution in [-0.2, 0) is 4.74 Å². The molecule has 2 aliphatic rings. The lowest BCUT2D eigenvalue weighted by Gasteiger charge is -2.34. The van der Waals surface area contributed by atoms with E-state index >= 15 is 0 Å². The summed E-state index contributed by atoms with van der Waals surface area (Å²) in [6.45, 7) is 14.2. The van der Waals surface area contributed by atoms with Crippen LogP contribution in [-0.4, -0.2) is 61.5 Å². The maximum atomic E-state index is 5.40. The molecule has 4 nitrogen and oxygen atoms in total. The first-order chi connectivity index (χ1) is 8.04. The van der Waals surface area contributed by atoms with Crippen molar-refractivity contribution in [3.63, 3.8) is 0 Å². The zero-order valence-electron chi connectivity index (χ0n) is 11.5. The number of morpholine rings is 1. The largest absolute Gasteiger partial charge is 0.379 e. The highest BCUT2D eigenvalue weighted by Gasteiger charge is 2.28. The van der Waals surface area contributed by atoms with Gasteiger partial charge in [-0.05, 0) is 39.7 Å². The van der Waals surface area contributed by atoms with Crippen LogP contribution in [0.2, 0.25) is 0 Å². The van der Waals surface area contributed by atoms with Crippen molar-refractivity contribution >= 4 is 0 Å². The zero-order chi connectivity index (χ0) is 12.3.